The summed E-state index contributed by atoms with van der Waals surface area (Å²) in [5.74, 6) is 0. The largest absolute Gasteiger partial charge is 0.339 e. The maximum atomic E-state index is 11.6. The average Bonchev–Trinajstić information content (AvgIpc) is 2.56. The Kier molecular flexibility index (Phi) is 1.70. The molecule has 0 aliphatic carbocycles. The lowest BCUT2D eigenvalue weighted by Crippen LogP contribution is -2.04. The number of nitrogens with one attached hydrogen (secondary N) is 2. The number of H-pyrrole nitrogens is 2. The lowest BCUT2D eigenvalue weighted by atomic mass is 10.2. The van der Waals surface area contributed by atoms with Crippen LogP contribution in [0, 0.1) is 0 Å². The number of halogens is 1. The Morgan fingerprint density at radius 2 is 2.20 bits per heavy atom. The molecule has 3 aromatic rings. The number of aromatic nitrogens is 3. The fraction of sp³-hybridized carbons (Fsp3) is 0. The van der Waals surface area contributed by atoms with Gasteiger partial charge in [-0.15, -0.1) is 0 Å². The van der Waals surface area contributed by atoms with Crippen LogP contribution in [-0.2, 0) is 0 Å². The van der Waals surface area contributed by atoms with Crippen LogP contribution in [0.3, 0.4) is 0 Å². The monoisotopic (exact) mass is 263 g/mol. The maximum Gasteiger partial charge on any atom is 0.260 e. The molecule has 0 amide bonds. The van der Waals surface area contributed by atoms with E-state index in [0.29, 0.717) is 11.0 Å². The molecule has 0 atom stereocenters. The Morgan fingerprint density at radius 1 is 1.33 bits per heavy atom. The van der Waals surface area contributed by atoms with Crippen molar-refractivity contribution in [1.82, 2.24) is 15.0 Å². The zero-order valence-electron chi connectivity index (χ0n) is 7.54. The Balaban J connectivity index is 2.65. The SMILES string of the molecule is O=c1[nH]cnc2[nH]c3cc(Br)ccc3c12. The molecule has 15 heavy (non-hydrogen) atoms. The van der Waals surface area contributed by atoms with Gasteiger partial charge in [0.1, 0.15) is 5.65 Å². The summed E-state index contributed by atoms with van der Waals surface area (Å²) in [6.07, 6.45) is 1.40. The van der Waals surface area contributed by atoms with Crippen molar-refractivity contribution >= 4 is 37.9 Å². The van der Waals surface area contributed by atoms with Gasteiger partial charge in [0.15, 0.2) is 0 Å². The lowest BCUT2D eigenvalue weighted by molar-refractivity contribution is 1.16. The third-order valence-corrected chi connectivity index (χ3v) is 2.85. The molecule has 5 heteroatoms. The van der Waals surface area contributed by atoms with Crippen LogP contribution in [0.2, 0.25) is 0 Å². The highest BCUT2D eigenvalue weighted by atomic mass is 79.9. The van der Waals surface area contributed by atoms with Gasteiger partial charge in [0.05, 0.1) is 11.7 Å². The fourth-order valence-corrected chi connectivity index (χ4v) is 2.07. The number of hydrogen-bond donors (Lipinski definition) is 2. The van der Waals surface area contributed by atoms with E-state index in [4.69, 9.17) is 0 Å². The molecule has 74 valence electrons. The second-order valence-electron chi connectivity index (χ2n) is 3.27. The summed E-state index contributed by atoms with van der Waals surface area (Å²) in [5, 5.41) is 1.50. The van der Waals surface area contributed by atoms with E-state index in [1.165, 1.54) is 6.33 Å². The van der Waals surface area contributed by atoms with Gasteiger partial charge < -0.3 is 9.97 Å². The molecule has 3 rings (SSSR count). The molecule has 0 radical (unpaired) electrons. The third-order valence-electron chi connectivity index (χ3n) is 2.36. The Hall–Kier alpha value is -1.62. The van der Waals surface area contributed by atoms with Gasteiger partial charge in [0.2, 0.25) is 0 Å². The first-order chi connectivity index (χ1) is 7.25. The molecule has 0 saturated carbocycles. The predicted molar refractivity (Wildman–Crippen MR) is 61.9 cm³/mol. The van der Waals surface area contributed by atoms with Gasteiger partial charge in [-0.05, 0) is 12.1 Å². The Labute approximate surface area is 92.5 Å². The highest BCUT2D eigenvalue weighted by Gasteiger charge is 2.07. The van der Waals surface area contributed by atoms with E-state index in [1.54, 1.807) is 0 Å². The summed E-state index contributed by atoms with van der Waals surface area (Å²) in [6, 6.07) is 5.73. The Bertz CT molecular complexity index is 713. The van der Waals surface area contributed by atoms with E-state index >= 15 is 0 Å². The molecule has 4 nitrogen and oxygen atoms in total. The summed E-state index contributed by atoms with van der Waals surface area (Å²) >= 11 is 3.38. The highest BCUT2D eigenvalue weighted by molar-refractivity contribution is 9.10. The fourth-order valence-electron chi connectivity index (χ4n) is 1.71. The zero-order chi connectivity index (χ0) is 10.4. The maximum absolute atomic E-state index is 11.6. The number of fused-ring (bicyclic) bond motifs is 3. The van der Waals surface area contributed by atoms with Crippen molar-refractivity contribution in [2.75, 3.05) is 0 Å². The van der Waals surface area contributed by atoms with E-state index in [2.05, 4.69) is 30.9 Å². The molecule has 0 unspecified atom stereocenters. The molecular formula is C10H6BrN3O. The number of hydrogen-bond acceptors (Lipinski definition) is 2. The van der Waals surface area contributed by atoms with Crippen LogP contribution in [-0.4, -0.2) is 15.0 Å². The van der Waals surface area contributed by atoms with Gasteiger partial charge in [-0.3, -0.25) is 4.79 Å². The Morgan fingerprint density at radius 3 is 3.07 bits per heavy atom. The second kappa shape index (κ2) is 2.93. The molecule has 0 bridgehead atoms. The molecule has 0 fully saturated rings. The van der Waals surface area contributed by atoms with Gasteiger partial charge in [0.25, 0.3) is 5.56 Å². The molecule has 0 saturated heterocycles. The average molecular weight is 264 g/mol. The van der Waals surface area contributed by atoms with E-state index in [9.17, 15) is 4.79 Å². The minimum absolute atomic E-state index is 0.117. The van der Waals surface area contributed by atoms with Gasteiger partial charge in [-0.2, -0.15) is 0 Å². The molecule has 0 spiro atoms. The number of aromatic amines is 2. The van der Waals surface area contributed by atoms with Gasteiger partial charge in [-0.1, -0.05) is 22.0 Å². The van der Waals surface area contributed by atoms with Crippen LogP contribution in [0.15, 0.2) is 33.8 Å². The van der Waals surface area contributed by atoms with Crippen LogP contribution < -0.4 is 5.56 Å². The predicted octanol–water partition coefficient (Wildman–Crippen LogP) is 2.17. The van der Waals surface area contributed by atoms with Crippen LogP contribution in [0.4, 0.5) is 0 Å². The van der Waals surface area contributed by atoms with Crippen molar-refractivity contribution in [1.29, 1.82) is 0 Å². The van der Waals surface area contributed by atoms with Crippen molar-refractivity contribution in [3.8, 4) is 0 Å². The van der Waals surface area contributed by atoms with Crippen LogP contribution in [0.25, 0.3) is 21.9 Å². The topological polar surface area (TPSA) is 61.5 Å². The van der Waals surface area contributed by atoms with E-state index in [0.717, 1.165) is 15.4 Å². The first-order valence-electron chi connectivity index (χ1n) is 4.40. The molecule has 2 heterocycles. The van der Waals surface area contributed by atoms with Crippen LogP contribution >= 0.6 is 15.9 Å². The zero-order valence-corrected chi connectivity index (χ0v) is 9.13. The first kappa shape index (κ1) is 8.67. The summed E-state index contributed by atoms with van der Waals surface area (Å²) < 4.78 is 0.970. The number of benzene rings is 1. The molecule has 1 aromatic carbocycles. The highest BCUT2D eigenvalue weighted by Crippen LogP contribution is 2.23. The normalized spacial score (nSPS) is 11.3. The van der Waals surface area contributed by atoms with E-state index in [1.807, 2.05) is 18.2 Å². The van der Waals surface area contributed by atoms with Crippen molar-refractivity contribution in [2.24, 2.45) is 0 Å². The minimum atomic E-state index is -0.117. The molecule has 2 aromatic heterocycles. The number of rotatable bonds is 0. The van der Waals surface area contributed by atoms with E-state index < -0.39 is 0 Å². The van der Waals surface area contributed by atoms with Crippen molar-refractivity contribution in [2.45, 2.75) is 0 Å². The molecule has 0 aliphatic heterocycles. The summed E-state index contributed by atoms with van der Waals surface area (Å²) in [4.78, 5) is 21.4. The molecule has 0 aliphatic rings. The molecule has 2 N–H and O–H groups in total. The standard InChI is InChI=1S/C10H6BrN3O/c11-5-1-2-6-7(3-5)14-9-8(6)10(15)13-4-12-9/h1-4H,(H2,12,13,14,15). The van der Waals surface area contributed by atoms with Gasteiger partial charge in [0, 0.05) is 15.4 Å². The minimum Gasteiger partial charge on any atom is -0.339 e. The van der Waals surface area contributed by atoms with Crippen LogP contribution in [0.5, 0.6) is 0 Å². The van der Waals surface area contributed by atoms with Crippen molar-refractivity contribution in [3.05, 3.63) is 39.4 Å². The van der Waals surface area contributed by atoms with Crippen molar-refractivity contribution < 1.29 is 0 Å². The summed E-state index contributed by atoms with van der Waals surface area (Å²) in [7, 11) is 0. The smallest absolute Gasteiger partial charge is 0.260 e. The van der Waals surface area contributed by atoms with Crippen molar-refractivity contribution in [3.63, 3.8) is 0 Å². The first-order valence-corrected chi connectivity index (χ1v) is 5.19. The molecular weight excluding hydrogens is 258 g/mol. The van der Waals surface area contributed by atoms with Gasteiger partial charge >= 0.3 is 0 Å². The van der Waals surface area contributed by atoms with E-state index in [-0.39, 0.29) is 5.56 Å². The third kappa shape index (κ3) is 1.20. The summed E-state index contributed by atoms with van der Waals surface area (Å²) in [5.41, 5.74) is 1.41. The summed E-state index contributed by atoms with van der Waals surface area (Å²) in [6.45, 7) is 0. The second-order valence-corrected chi connectivity index (χ2v) is 4.19. The lowest BCUT2D eigenvalue weighted by Gasteiger charge is -1.90. The number of nitrogens with zero attached hydrogens (tertiary/aromatic N) is 1. The van der Waals surface area contributed by atoms with Gasteiger partial charge in [-0.25, -0.2) is 4.98 Å². The van der Waals surface area contributed by atoms with Crippen LogP contribution in [0.1, 0.15) is 0 Å². The quantitative estimate of drug-likeness (QED) is 0.653.